The predicted octanol–water partition coefficient (Wildman–Crippen LogP) is 2.92. The number of hydrogen-bond donors (Lipinski definition) is 1. The van der Waals surface area contributed by atoms with Gasteiger partial charge in [0, 0.05) is 12.2 Å². The SMILES string of the molecule is CCCCOC(=O)c1ccc(NC(=O)[C@H]2CCCN(C)C2)cc1. The molecule has 5 nitrogen and oxygen atoms in total. The lowest BCUT2D eigenvalue weighted by molar-refractivity contribution is -0.121. The fraction of sp³-hybridized carbons (Fsp3) is 0.556. The number of ether oxygens (including phenoxy) is 1. The largest absolute Gasteiger partial charge is 0.462 e. The zero-order valence-corrected chi connectivity index (χ0v) is 14.0. The molecule has 0 spiro atoms. The van der Waals surface area contributed by atoms with E-state index in [0.29, 0.717) is 17.9 Å². The Kier molecular flexibility index (Phi) is 6.59. The smallest absolute Gasteiger partial charge is 0.338 e. The van der Waals surface area contributed by atoms with Crippen molar-refractivity contribution in [2.24, 2.45) is 5.92 Å². The summed E-state index contributed by atoms with van der Waals surface area (Å²) < 4.78 is 5.16. The minimum atomic E-state index is -0.315. The van der Waals surface area contributed by atoms with E-state index in [0.717, 1.165) is 38.8 Å². The number of benzene rings is 1. The van der Waals surface area contributed by atoms with Crippen molar-refractivity contribution in [2.45, 2.75) is 32.6 Å². The third-order valence-corrected chi connectivity index (χ3v) is 4.11. The van der Waals surface area contributed by atoms with Gasteiger partial charge in [0.15, 0.2) is 0 Å². The van der Waals surface area contributed by atoms with Crippen LogP contribution in [0.25, 0.3) is 0 Å². The number of piperidine rings is 1. The van der Waals surface area contributed by atoms with Crippen LogP contribution >= 0.6 is 0 Å². The quantitative estimate of drug-likeness (QED) is 0.647. The van der Waals surface area contributed by atoms with Crippen molar-refractivity contribution in [1.29, 1.82) is 0 Å². The number of anilines is 1. The molecule has 1 saturated heterocycles. The van der Waals surface area contributed by atoms with Gasteiger partial charge >= 0.3 is 5.97 Å². The van der Waals surface area contributed by atoms with Gasteiger partial charge in [-0.3, -0.25) is 4.79 Å². The molecule has 1 aliphatic rings. The summed E-state index contributed by atoms with van der Waals surface area (Å²) in [7, 11) is 2.04. The first-order valence-electron chi connectivity index (χ1n) is 8.36. The van der Waals surface area contributed by atoms with Crippen LogP contribution in [0.3, 0.4) is 0 Å². The molecule has 1 atom stereocenters. The predicted molar refractivity (Wildman–Crippen MR) is 90.5 cm³/mol. The monoisotopic (exact) mass is 318 g/mol. The van der Waals surface area contributed by atoms with Gasteiger partial charge in [-0.2, -0.15) is 0 Å². The van der Waals surface area contributed by atoms with Crippen molar-refractivity contribution in [3.05, 3.63) is 29.8 Å². The number of nitrogens with zero attached hydrogens (tertiary/aromatic N) is 1. The van der Waals surface area contributed by atoms with Crippen LogP contribution in [0.2, 0.25) is 0 Å². The van der Waals surface area contributed by atoms with Crippen LogP contribution in [-0.2, 0) is 9.53 Å². The Morgan fingerprint density at radius 1 is 1.30 bits per heavy atom. The standard InChI is InChI=1S/C18H26N2O3/c1-3-4-12-23-18(22)14-7-9-16(10-8-14)19-17(21)15-6-5-11-20(2)13-15/h7-10,15H,3-6,11-13H2,1-2H3,(H,19,21)/t15-/m0/s1. The number of carbonyl (C=O) groups excluding carboxylic acids is 2. The minimum absolute atomic E-state index is 0.0347. The molecule has 0 unspecified atom stereocenters. The maximum absolute atomic E-state index is 12.3. The average molecular weight is 318 g/mol. The molecule has 2 rings (SSSR count). The van der Waals surface area contributed by atoms with Crippen LogP contribution in [0.4, 0.5) is 5.69 Å². The molecular formula is C18H26N2O3. The Labute approximate surface area is 138 Å². The summed E-state index contributed by atoms with van der Waals surface area (Å²) in [5.74, 6) is -0.229. The highest BCUT2D eigenvalue weighted by Crippen LogP contribution is 2.18. The molecule has 126 valence electrons. The second kappa shape index (κ2) is 8.67. The summed E-state index contributed by atoms with van der Waals surface area (Å²) in [6.45, 7) is 4.35. The second-order valence-corrected chi connectivity index (χ2v) is 6.16. The van der Waals surface area contributed by atoms with E-state index in [1.54, 1.807) is 24.3 Å². The summed E-state index contributed by atoms with van der Waals surface area (Å²) in [6.07, 6.45) is 3.85. The molecular weight excluding hydrogens is 292 g/mol. The van der Waals surface area contributed by atoms with Crippen molar-refractivity contribution in [2.75, 3.05) is 32.1 Å². The Balaban J connectivity index is 1.86. The minimum Gasteiger partial charge on any atom is -0.462 e. The molecule has 1 amide bonds. The van der Waals surface area contributed by atoms with Crippen LogP contribution in [0.5, 0.6) is 0 Å². The first-order valence-corrected chi connectivity index (χ1v) is 8.36. The molecule has 0 aromatic heterocycles. The number of likely N-dealkylation sites (tertiary alicyclic amines) is 1. The highest BCUT2D eigenvalue weighted by molar-refractivity contribution is 5.94. The van der Waals surface area contributed by atoms with E-state index in [4.69, 9.17) is 4.74 Å². The summed E-state index contributed by atoms with van der Waals surface area (Å²) in [5.41, 5.74) is 1.23. The van der Waals surface area contributed by atoms with Crippen molar-refractivity contribution >= 4 is 17.6 Å². The van der Waals surface area contributed by atoms with Crippen LogP contribution in [0, 0.1) is 5.92 Å². The molecule has 5 heteroatoms. The third kappa shape index (κ3) is 5.36. The molecule has 1 N–H and O–H groups in total. The molecule has 1 fully saturated rings. The van der Waals surface area contributed by atoms with E-state index < -0.39 is 0 Å². The van der Waals surface area contributed by atoms with E-state index in [1.807, 2.05) is 7.05 Å². The van der Waals surface area contributed by atoms with Crippen LogP contribution in [0.1, 0.15) is 43.0 Å². The molecule has 0 saturated carbocycles. The van der Waals surface area contributed by atoms with E-state index in [2.05, 4.69) is 17.1 Å². The number of nitrogens with one attached hydrogen (secondary N) is 1. The zero-order chi connectivity index (χ0) is 16.7. The summed E-state index contributed by atoms with van der Waals surface area (Å²) >= 11 is 0. The molecule has 1 heterocycles. The summed E-state index contributed by atoms with van der Waals surface area (Å²) in [6, 6.07) is 6.88. The first kappa shape index (κ1) is 17.5. The zero-order valence-electron chi connectivity index (χ0n) is 14.0. The molecule has 0 aliphatic carbocycles. The van der Waals surface area contributed by atoms with Gasteiger partial charge in [0.25, 0.3) is 0 Å². The third-order valence-electron chi connectivity index (χ3n) is 4.11. The number of unbranched alkanes of at least 4 members (excludes halogenated alkanes) is 1. The normalized spacial score (nSPS) is 18.4. The Morgan fingerprint density at radius 2 is 2.04 bits per heavy atom. The van der Waals surface area contributed by atoms with Crippen LogP contribution < -0.4 is 5.32 Å². The lowest BCUT2D eigenvalue weighted by atomic mass is 9.97. The molecule has 1 aromatic rings. The number of amides is 1. The molecule has 0 bridgehead atoms. The fourth-order valence-electron chi connectivity index (χ4n) is 2.71. The fourth-order valence-corrected chi connectivity index (χ4v) is 2.71. The van der Waals surface area contributed by atoms with E-state index in [9.17, 15) is 9.59 Å². The van der Waals surface area contributed by atoms with Gasteiger partial charge in [-0.1, -0.05) is 13.3 Å². The summed E-state index contributed by atoms with van der Waals surface area (Å²) in [4.78, 5) is 26.3. The maximum atomic E-state index is 12.3. The topological polar surface area (TPSA) is 58.6 Å². The van der Waals surface area contributed by atoms with Gasteiger partial charge in [0.05, 0.1) is 18.1 Å². The number of esters is 1. The molecule has 1 aliphatic heterocycles. The molecule has 1 aromatic carbocycles. The Bertz CT molecular complexity index is 528. The lowest BCUT2D eigenvalue weighted by Crippen LogP contribution is -2.38. The highest BCUT2D eigenvalue weighted by Gasteiger charge is 2.23. The van der Waals surface area contributed by atoms with Crippen molar-refractivity contribution in [3.63, 3.8) is 0 Å². The Hall–Kier alpha value is -1.88. The van der Waals surface area contributed by atoms with E-state index in [1.165, 1.54) is 0 Å². The van der Waals surface area contributed by atoms with Gasteiger partial charge in [-0.15, -0.1) is 0 Å². The highest BCUT2D eigenvalue weighted by atomic mass is 16.5. The van der Waals surface area contributed by atoms with Crippen molar-refractivity contribution < 1.29 is 14.3 Å². The van der Waals surface area contributed by atoms with Crippen LogP contribution in [-0.4, -0.2) is 43.5 Å². The van der Waals surface area contributed by atoms with Gasteiger partial charge in [0.2, 0.25) is 5.91 Å². The van der Waals surface area contributed by atoms with E-state index in [-0.39, 0.29) is 17.8 Å². The lowest BCUT2D eigenvalue weighted by Gasteiger charge is -2.28. The molecule has 23 heavy (non-hydrogen) atoms. The van der Waals surface area contributed by atoms with Gasteiger partial charge < -0.3 is 15.0 Å². The van der Waals surface area contributed by atoms with Crippen molar-refractivity contribution in [3.8, 4) is 0 Å². The number of rotatable bonds is 6. The average Bonchev–Trinajstić information content (AvgIpc) is 2.55. The van der Waals surface area contributed by atoms with Gasteiger partial charge in [-0.05, 0) is 57.1 Å². The second-order valence-electron chi connectivity index (χ2n) is 6.16. The number of carbonyl (C=O) groups is 2. The first-order chi connectivity index (χ1) is 11.1. The number of hydrogen-bond acceptors (Lipinski definition) is 4. The van der Waals surface area contributed by atoms with Crippen molar-refractivity contribution in [1.82, 2.24) is 4.90 Å². The molecule has 0 radical (unpaired) electrons. The van der Waals surface area contributed by atoms with Gasteiger partial charge in [-0.25, -0.2) is 4.79 Å². The maximum Gasteiger partial charge on any atom is 0.338 e. The van der Waals surface area contributed by atoms with Gasteiger partial charge in [0.1, 0.15) is 0 Å². The van der Waals surface area contributed by atoms with E-state index >= 15 is 0 Å². The summed E-state index contributed by atoms with van der Waals surface area (Å²) in [5, 5.41) is 2.93. The Morgan fingerprint density at radius 3 is 2.70 bits per heavy atom. The van der Waals surface area contributed by atoms with Crippen LogP contribution in [0.15, 0.2) is 24.3 Å².